The smallest absolute Gasteiger partial charge is 0.268 e. The maximum atomic E-state index is 6.67. The Morgan fingerprint density at radius 1 is 0.645 bits per heavy atom. The largest absolute Gasteiger partial charge is 0.510 e. The fraction of sp³-hybridized carbons (Fsp3) is 0.143. The van der Waals surface area contributed by atoms with E-state index in [1.165, 1.54) is 16.5 Å². The Labute approximate surface area is 378 Å². The Balaban J connectivity index is 0.00000490. The fourth-order valence-corrected chi connectivity index (χ4v) is 8.51. The molecule has 3 heterocycles. The van der Waals surface area contributed by atoms with Crippen molar-refractivity contribution in [2.75, 3.05) is 0 Å². The first-order chi connectivity index (χ1) is 29.7. The van der Waals surface area contributed by atoms with Gasteiger partial charge in [0.05, 0.1) is 16.7 Å². The molecular weight excluding hydrogens is 940 g/mol. The molecule has 0 saturated heterocycles. The van der Waals surface area contributed by atoms with Crippen LogP contribution in [-0.2, 0) is 32.9 Å². The summed E-state index contributed by atoms with van der Waals surface area (Å²) in [4.78, 5) is 4.91. The van der Waals surface area contributed by atoms with Gasteiger partial charge in [0.15, 0.2) is 0 Å². The number of hydrogen-bond acceptors (Lipinski definition) is 2. The third kappa shape index (κ3) is 7.67. The van der Waals surface area contributed by atoms with Gasteiger partial charge in [-0.25, -0.2) is 4.98 Å². The summed E-state index contributed by atoms with van der Waals surface area (Å²) in [6.07, 6.45) is 6.68. The van der Waals surface area contributed by atoms with E-state index in [9.17, 15) is 0 Å². The van der Waals surface area contributed by atoms with Crippen molar-refractivity contribution in [3.05, 3.63) is 200 Å². The molecule has 0 amide bonds. The van der Waals surface area contributed by atoms with Gasteiger partial charge in [0.25, 0.3) is 6.33 Å². The van der Waals surface area contributed by atoms with Gasteiger partial charge in [0, 0.05) is 44.3 Å². The number of nitrogens with zero attached hydrogens (tertiary/aromatic N) is 4. The normalized spacial score (nSPS) is 11.7. The molecule has 6 heteroatoms. The van der Waals surface area contributed by atoms with Crippen molar-refractivity contribution in [1.29, 1.82) is 0 Å². The summed E-state index contributed by atoms with van der Waals surface area (Å²) in [5.41, 5.74) is 12.9. The Kier molecular flexibility index (Phi) is 11.0. The molecule has 3 aromatic heterocycles. The number of imidazole rings is 1. The van der Waals surface area contributed by atoms with E-state index in [0.29, 0.717) is 17.4 Å². The summed E-state index contributed by atoms with van der Waals surface area (Å²) in [7, 11) is 0. The number of hydrogen-bond donors (Lipinski definition) is 0. The third-order valence-electron chi connectivity index (χ3n) is 11.4. The zero-order chi connectivity index (χ0) is 41.7. The number of benzene rings is 7. The summed E-state index contributed by atoms with van der Waals surface area (Å²) in [5.74, 6) is 2.59. The maximum absolute atomic E-state index is 6.67. The molecule has 0 aliphatic carbocycles. The first-order valence-corrected chi connectivity index (χ1v) is 21.1. The van der Waals surface area contributed by atoms with E-state index in [4.69, 9.17) is 9.72 Å². The molecule has 0 spiro atoms. The van der Waals surface area contributed by atoms with Crippen molar-refractivity contribution in [3.63, 3.8) is 0 Å². The van der Waals surface area contributed by atoms with Gasteiger partial charge < -0.3 is 13.9 Å². The van der Waals surface area contributed by atoms with E-state index in [1.54, 1.807) is 0 Å². The minimum Gasteiger partial charge on any atom is -0.510 e. The average molecular weight is 986 g/mol. The molecule has 62 heavy (non-hydrogen) atoms. The fourth-order valence-electron chi connectivity index (χ4n) is 8.51. The van der Waals surface area contributed by atoms with Crippen LogP contribution in [0.25, 0.3) is 72.3 Å². The van der Waals surface area contributed by atoms with Gasteiger partial charge in [0.2, 0.25) is 0 Å². The molecule has 7 aromatic carbocycles. The Hall–Kier alpha value is -6.55. The minimum atomic E-state index is -0.0308. The number of ether oxygens (including phenoxy) is 1. The second-order valence-corrected chi connectivity index (χ2v) is 17.2. The first kappa shape index (κ1) is 40.8. The van der Waals surface area contributed by atoms with Gasteiger partial charge in [-0.2, -0.15) is 18.2 Å². The standard InChI is InChI=1S/C56H46N4O.Pt/c1-38(2)32-39-26-29-50-49(33-39)48-28-27-45(36-53(48)60(50)54-34-42(30-31-57-54)56(3,4)5)61-44-21-14-20-43(35-44)58-37-59(52-25-13-12-24-51(52)58)55-46(40-16-8-6-9-17-40)22-15-23-47(55)41-18-10-7-11-19-41;/h6-31,33-34,38H,32H2,1-5H3;/q-2;. The number of rotatable bonds is 9. The number of pyridine rings is 1. The molecule has 308 valence electrons. The summed E-state index contributed by atoms with van der Waals surface area (Å²) in [6.45, 7) is 11.2. The van der Waals surface area contributed by atoms with Crippen LogP contribution in [0.2, 0.25) is 0 Å². The summed E-state index contributed by atoms with van der Waals surface area (Å²) in [5, 5.41) is 2.29. The van der Waals surface area contributed by atoms with Crippen LogP contribution in [0.1, 0.15) is 45.7 Å². The zero-order valence-corrected chi connectivity index (χ0v) is 37.7. The molecule has 0 aliphatic heterocycles. The van der Waals surface area contributed by atoms with Crippen LogP contribution >= 0.6 is 0 Å². The van der Waals surface area contributed by atoms with E-state index in [2.05, 4.69) is 212 Å². The van der Waals surface area contributed by atoms with E-state index in [1.807, 2.05) is 24.4 Å². The zero-order valence-electron chi connectivity index (χ0n) is 35.5. The SMILES string of the molecule is CC(C)Cc1ccc2c(c1)c1ccc(Oc3[c-]c(-n4[c-][n+](-c5c(-c6ccccc6)cccc5-c5ccccc5)c5ccccc54)ccc3)[c-]c1n2-c1cc(C(C)(C)C)ccn1.[Pt]. The van der Waals surface area contributed by atoms with Crippen molar-refractivity contribution in [3.8, 4) is 50.9 Å². The van der Waals surface area contributed by atoms with Gasteiger partial charge >= 0.3 is 0 Å². The van der Waals surface area contributed by atoms with E-state index in [0.717, 1.165) is 73.3 Å². The van der Waals surface area contributed by atoms with Gasteiger partial charge in [-0.3, -0.25) is 4.57 Å². The summed E-state index contributed by atoms with van der Waals surface area (Å²) >= 11 is 0. The van der Waals surface area contributed by atoms with Crippen molar-refractivity contribution in [2.45, 2.75) is 46.5 Å². The van der Waals surface area contributed by atoms with Crippen LogP contribution in [0.15, 0.2) is 170 Å². The Morgan fingerprint density at radius 3 is 2.03 bits per heavy atom. The van der Waals surface area contributed by atoms with E-state index in [-0.39, 0.29) is 26.5 Å². The second kappa shape index (κ2) is 16.7. The van der Waals surface area contributed by atoms with Gasteiger partial charge in [-0.1, -0.05) is 155 Å². The molecule has 10 aromatic rings. The second-order valence-electron chi connectivity index (χ2n) is 17.2. The van der Waals surface area contributed by atoms with Gasteiger partial charge in [-0.05, 0) is 80.4 Å². The maximum Gasteiger partial charge on any atom is 0.268 e. The van der Waals surface area contributed by atoms with Gasteiger partial charge in [-0.15, -0.1) is 29.7 Å². The summed E-state index contributed by atoms with van der Waals surface area (Å²) in [6, 6.07) is 64.6. The molecule has 0 radical (unpaired) electrons. The molecular formula is C56H46N4OPt-2. The Morgan fingerprint density at radius 2 is 1.32 bits per heavy atom. The first-order valence-electron chi connectivity index (χ1n) is 21.1. The predicted octanol–water partition coefficient (Wildman–Crippen LogP) is 13.4. The van der Waals surface area contributed by atoms with Crippen LogP contribution in [0.3, 0.4) is 0 Å². The van der Waals surface area contributed by atoms with Crippen LogP contribution in [0, 0.1) is 24.4 Å². The molecule has 0 saturated carbocycles. The van der Waals surface area contributed by atoms with Crippen molar-refractivity contribution in [1.82, 2.24) is 14.1 Å². The van der Waals surface area contributed by atoms with E-state index < -0.39 is 0 Å². The van der Waals surface area contributed by atoms with Crippen LogP contribution in [0.4, 0.5) is 0 Å². The third-order valence-corrected chi connectivity index (χ3v) is 11.4. The molecule has 0 unspecified atom stereocenters. The van der Waals surface area contributed by atoms with Crippen LogP contribution in [-0.4, -0.2) is 14.1 Å². The van der Waals surface area contributed by atoms with Crippen LogP contribution in [0.5, 0.6) is 11.5 Å². The van der Waals surface area contributed by atoms with Gasteiger partial charge in [0.1, 0.15) is 5.82 Å². The molecule has 0 bridgehead atoms. The molecule has 0 atom stereocenters. The van der Waals surface area contributed by atoms with Crippen molar-refractivity contribution >= 4 is 32.8 Å². The molecule has 5 nitrogen and oxygen atoms in total. The predicted molar refractivity (Wildman–Crippen MR) is 248 cm³/mol. The molecule has 0 N–H and O–H groups in total. The quantitative estimate of drug-likeness (QED) is 0.107. The molecule has 0 aliphatic rings. The molecule has 10 rings (SSSR count). The average Bonchev–Trinajstić information content (AvgIpc) is 3.82. The Bertz CT molecular complexity index is 3150. The molecule has 0 fully saturated rings. The monoisotopic (exact) mass is 985 g/mol. The summed E-state index contributed by atoms with van der Waals surface area (Å²) < 4.78 is 13.2. The van der Waals surface area contributed by atoms with Crippen molar-refractivity contribution in [2.24, 2.45) is 5.92 Å². The number of para-hydroxylation sites is 3. The minimum absolute atomic E-state index is 0. The number of aromatic nitrogens is 4. The topological polar surface area (TPSA) is 35.9 Å². The number of fused-ring (bicyclic) bond motifs is 4. The van der Waals surface area contributed by atoms with Crippen molar-refractivity contribution < 1.29 is 30.4 Å². The van der Waals surface area contributed by atoms with Crippen LogP contribution < -0.4 is 9.30 Å². The van der Waals surface area contributed by atoms with E-state index >= 15 is 0 Å².